The highest BCUT2D eigenvalue weighted by molar-refractivity contribution is 8.18. The average Bonchev–Trinajstić information content (AvgIpc) is 3.05. The molecular weight excluding hydrogens is 414 g/mol. The van der Waals surface area contributed by atoms with Gasteiger partial charge < -0.3 is 19.5 Å². The molecule has 1 N–H and O–H groups in total. The number of amidine groups is 1. The van der Waals surface area contributed by atoms with Gasteiger partial charge in [0.2, 0.25) is 0 Å². The lowest BCUT2D eigenvalue weighted by Crippen LogP contribution is -2.19. The smallest absolute Gasteiger partial charge is 0.264 e. The highest BCUT2D eigenvalue weighted by Gasteiger charge is 2.24. The molecule has 148 valence electrons. The van der Waals surface area contributed by atoms with Gasteiger partial charge in [-0.05, 0) is 53.7 Å². The van der Waals surface area contributed by atoms with E-state index in [9.17, 15) is 4.79 Å². The van der Waals surface area contributed by atoms with E-state index in [1.807, 2.05) is 6.07 Å². The molecule has 0 radical (unpaired) electrons. The van der Waals surface area contributed by atoms with E-state index in [2.05, 4.69) is 10.3 Å². The van der Waals surface area contributed by atoms with E-state index in [0.29, 0.717) is 38.0 Å². The van der Waals surface area contributed by atoms with Crippen LogP contribution in [0, 0.1) is 11.3 Å². The Balaban J connectivity index is 1.84. The number of carbonyl (C=O) groups is 1. The van der Waals surface area contributed by atoms with Crippen LogP contribution in [0.1, 0.15) is 5.56 Å². The number of halogens is 1. The quantitative estimate of drug-likeness (QED) is 0.693. The second-order valence-corrected chi connectivity index (χ2v) is 7.12. The summed E-state index contributed by atoms with van der Waals surface area (Å²) in [5.41, 5.74) is 1.26. The summed E-state index contributed by atoms with van der Waals surface area (Å²) < 4.78 is 15.9. The number of benzene rings is 2. The zero-order valence-corrected chi connectivity index (χ0v) is 17.1. The number of aliphatic imine (C=N–C) groups is 1. The van der Waals surface area contributed by atoms with E-state index in [1.165, 1.54) is 26.0 Å². The molecule has 1 saturated heterocycles. The Hall–Kier alpha value is -3.15. The summed E-state index contributed by atoms with van der Waals surface area (Å²) in [4.78, 5) is 17.2. The summed E-state index contributed by atoms with van der Waals surface area (Å²) in [5, 5.41) is 12.3. The largest absolute Gasteiger partial charge is 0.494 e. The van der Waals surface area contributed by atoms with Crippen LogP contribution in [-0.4, -0.2) is 31.9 Å². The number of methoxy groups -OCH3 is 2. The Morgan fingerprint density at radius 1 is 1.17 bits per heavy atom. The van der Waals surface area contributed by atoms with Gasteiger partial charge in [-0.1, -0.05) is 17.7 Å². The van der Waals surface area contributed by atoms with E-state index in [0.717, 1.165) is 5.56 Å². The molecular formula is C20H16ClN3O4S. The molecule has 1 aliphatic rings. The molecule has 1 aliphatic heterocycles. The summed E-state index contributed by atoms with van der Waals surface area (Å²) in [6.07, 6.45) is 1.72. The second kappa shape index (κ2) is 9.37. The first-order valence-electron chi connectivity index (χ1n) is 8.35. The SMILES string of the molecule is COc1ccc(Cl)cc1N=C1NC(=O)/C(=C/c2ccc(OCC#N)c(OC)c2)S1. The Morgan fingerprint density at radius 3 is 2.66 bits per heavy atom. The molecule has 1 fully saturated rings. The molecule has 0 unspecified atom stereocenters. The summed E-state index contributed by atoms with van der Waals surface area (Å²) in [5.74, 6) is 1.20. The maximum Gasteiger partial charge on any atom is 0.264 e. The normalized spacial score (nSPS) is 15.9. The predicted molar refractivity (Wildman–Crippen MR) is 113 cm³/mol. The minimum absolute atomic E-state index is 0.0815. The van der Waals surface area contributed by atoms with E-state index in [-0.39, 0.29) is 12.5 Å². The summed E-state index contributed by atoms with van der Waals surface area (Å²) in [6.45, 7) is -0.0815. The molecule has 1 heterocycles. The van der Waals surface area contributed by atoms with Gasteiger partial charge in [-0.2, -0.15) is 5.26 Å². The van der Waals surface area contributed by atoms with Crippen molar-refractivity contribution in [3.8, 4) is 23.3 Å². The summed E-state index contributed by atoms with van der Waals surface area (Å²) in [6, 6.07) is 12.2. The zero-order chi connectivity index (χ0) is 20.8. The van der Waals surface area contributed by atoms with Gasteiger partial charge in [0.1, 0.15) is 17.5 Å². The molecule has 2 aromatic rings. The summed E-state index contributed by atoms with van der Waals surface area (Å²) >= 11 is 7.23. The van der Waals surface area contributed by atoms with Crippen molar-refractivity contribution < 1.29 is 19.0 Å². The number of amides is 1. The molecule has 0 spiro atoms. The molecule has 0 atom stereocenters. The van der Waals surface area contributed by atoms with Gasteiger partial charge >= 0.3 is 0 Å². The molecule has 1 amide bonds. The van der Waals surface area contributed by atoms with Gasteiger partial charge in [-0.3, -0.25) is 4.79 Å². The lowest BCUT2D eigenvalue weighted by molar-refractivity contribution is -0.115. The van der Waals surface area contributed by atoms with Crippen LogP contribution in [0.5, 0.6) is 17.2 Å². The average molecular weight is 430 g/mol. The van der Waals surface area contributed by atoms with E-state index in [1.54, 1.807) is 42.5 Å². The van der Waals surface area contributed by atoms with Crippen molar-refractivity contribution in [3.63, 3.8) is 0 Å². The van der Waals surface area contributed by atoms with Crippen LogP contribution in [0.3, 0.4) is 0 Å². The van der Waals surface area contributed by atoms with Gasteiger partial charge in [0, 0.05) is 5.02 Å². The number of hydrogen-bond donors (Lipinski definition) is 1. The van der Waals surface area contributed by atoms with Gasteiger partial charge in [-0.25, -0.2) is 4.99 Å². The maximum absolute atomic E-state index is 12.3. The van der Waals surface area contributed by atoms with Crippen LogP contribution in [0.4, 0.5) is 5.69 Å². The summed E-state index contributed by atoms with van der Waals surface area (Å²) in [7, 11) is 3.04. The third kappa shape index (κ3) is 5.02. The molecule has 0 aliphatic carbocycles. The molecule has 0 saturated carbocycles. The van der Waals surface area contributed by atoms with Crippen molar-refractivity contribution in [1.29, 1.82) is 5.26 Å². The van der Waals surface area contributed by atoms with Gasteiger partial charge in [-0.15, -0.1) is 0 Å². The third-order valence-corrected chi connectivity index (χ3v) is 4.94. The van der Waals surface area contributed by atoms with E-state index >= 15 is 0 Å². The lowest BCUT2D eigenvalue weighted by atomic mass is 10.2. The van der Waals surface area contributed by atoms with Crippen LogP contribution in [0.25, 0.3) is 6.08 Å². The van der Waals surface area contributed by atoms with Crippen molar-refractivity contribution in [2.45, 2.75) is 0 Å². The Labute approximate surface area is 176 Å². The maximum atomic E-state index is 12.3. The fraction of sp³-hybridized carbons (Fsp3) is 0.150. The highest BCUT2D eigenvalue weighted by atomic mass is 35.5. The molecule has 7 nitrogen and oxygen atoms in total. The van der Waals surface area contributed by atoms with Crippen molar-refractivity contribution in [1.82, 2.24) is 5.32 Å². The van der Waals surface area contributed by atoms with Crippen LogP contribution in [-0.2, 0) is 4.79 Å². The highest BCUT2D eigenvalue weighted by Crippen LogP contribution is 2.35. The number of thioether (sulfide) groups is 1. The Bertz CT molecular complexity index is 1050. The lowest BCUT2D eigenvalue weighted by Gasteiger charge is -2.09. The number of carbonyl (C=O) groups excluding carboxylic acids is 1. The molecule has 0 aromatic heterocycles. The van der Waals surface area contributed by atoms with Gasteiger partial charge in [0.15, 0.2) is 23.3 Å². The number of hydrogen-bond acceptors (Lipinski definition) is 7. The zero-order valence-electron chi connectivity index (χ0n) is 15.6. The first-order chi connectivity index (χ1) is 14.0. The number of nitrogens with one attached hydrogen (secondary N) is 1. The first-order valence-corrected chi connectivity index (χ1v) is 9.54. The monoisotopic (exact) mass is 429 g/mol. The van der Waals surface area contributed by atoms with E-state index in [4.69, 9.17) is 31.1 Å². The number of ether oxygens (including phenoxy) is 3. The Morgan fingerprint density at radius 2 is 1.93 bits per heavy atom. The van der Waals surface area contributed by atoms with Crippen LogP contribution in [0.15, 0.2) is 46.3 Å². The number of nitrogens with zero attached hydrogens (tertiary/aromatic N) is 2. The number of rotatable bonds is 6. The third-order valence-electron chi connectivity index (χ3n) is 3.79. The molecule has 9 heteroatoms. The van der Waals surface area contributed by atoms with Crippen molar-refractivity contribution in [2.24, 2.45) is 4.99 Å². The van der Waals surface area contributed by atoms with Crippen LogP contribution >= 0.6 is 23.4 Å². The minimum atomic E-state index is -0.265. The standard InChI is InChI=1S/C20H16ClN3O4S/c1-26-15-6-4-13(21)11-14(15)23-20-24-19(25)18(29-20)10-12-3-5-16(28-8-7-22)17(9-12)27-2/h3-6,9-11H,8H2,1-2H3,(H,23,24,25)/b18-10-. The van der Waals surface area contributed by atoms with Crippen LogP contribution in [0.2, 0.25) is 5.02 Å². The van der Waals surface area contributed by atoms with Crippen molar-refractivity contribution in [3.05, 3.63) is 51.9 Å². The topological polar surface area (TPSA) is 92.9 Å². The van der Waals surface area contributed by atoms with E-state index < -0.39 is 0 Å². The van der Waals surface area contributed by atoms with Crippen LogP contribution < -0.4 is 19.5 Å². The molecule has 2 aromatic carbocycles. The number of nitriles is 1. The first kappa shape index (κ1) is 20.6. The fourth-order valence-electron chi connectivity index (χ4n) is 2.50. The van der Waals surface area contributed by atoms with Gasteiger partial charge in [0.25, 0.3) is 5.91 Å². The molecule has 29 heavy (non-hydrogen) atoms. The van der Waals surface area contributed by atoms with Crippen molar-refractivity contribution >= 4 is 46.2 Å². The molecule has 3 rings (SSSR count). The Kier molecular flexibility index (Phi) is 6.65. The minimum Gasteiger partial charge on any atom is -0.494 e. The second-order valence-electron chi connectivity index (χ2n) is 5.65. The fourth-order valence-corrected chi connectivity index (χ4v) is 3.50. The van der Waals surface area contributed by atoms with Crippen molar-refractivity contribution in [2.75, 3.05) is 20.8 Å². The molecule has 0 bridgehead atoms. The van der Waals surface area contributed by atoms with Gasteiger partial charge in [0.05, 0.1) is 19.1 Å². The predicted octanol–water partition coefficient (Wildman–Crippen LogP) is 4.15.